The summed E-state index contributed by atoms with van der Waals surface area (Å²) in [4.78, 5) is 55.4. The smallest absolute Gasteiger partial charge is 0.408 e. The van der Waals surface area contributed by atoms with E-state index in [1.807, 2.05) is 37.3 Å². The van der Waals surface area contributed by atoms with E-state index in [-0.39, 0.29) is 42.6 Å². The second kappa shape index (κ2) is 10.9. The van der Waals surface area contributed by atoms with Crippen molar-refractivity contribution in [1.29, 1.82) is 0 Å². The lowest BCUT2D eigenvalue weighted by molar-refractivity contribution is -0.136. The van der Waals surface area contributed by atoms with Gasteiger partial charge >= 0.3 is 6.09 Å². The topological polar surface area (TPSA) is 99.3 Å². The van der Waals surface area contributed by atoms with E-state index >= 15 is 0 Å². The third-order valence-corrected chi connectivity index (χ3v) is 6.20. The van der Waals surface area contributed by atoms with Gasteiger partial charge in [-0.25, -0.2) is 4.79 Å². The van der Waals surface area contributed by atoms with Crippen molar-refractivity contribution in [3.8, 4) is 0 Å². The number of hydrogen-bond acceptors (Lipinski definition) is 5. The monoisotopic (exact) mass is 472 g/mol. The molecule has 2 atom stereocenters. The van der Waals surface area contributed by atoms with Crippen molar-refractivity contribution < 1.29 is 23.9 Å². The molecule has 2 unspecified atom stereocenters. The maximum absolute atomic E-state index is 13.2. The minimum atomic E-state index is -0.632. The summed E-state index contributed by atoms with van der Waals surface area (Å²) in [6.45, 7) is 9.39. The Bertz CT molecular complexity index is 898. The zero-order valence-corrected chi connectivity index (χ0v) is 20.6. The fraction of sp³-hybridized carbons (Fsp3) is 0.600. The van der Waals surface area contributed by atoms with Crippen molar-refractivity contribution in [3.05, 3.63) is 35.9 Å². The molecule has 0 bridgehead atoms. The molecule has 0 aliphatic carbocycles. The van der Waals surface area contributed by atoms with Gasteiger partial charge in [-0.2, -0.15) is 0 Å². The van der Waals surface area contributed by atoms with Crippen LogP contribution in [0.1, 0.15) is 52.1 Å². The van der Waals surface area contributed by atoms with Crippen LogP contribution in [0, 0.1) is 5.92 Å². The lowest BCUT2D eigenvalue weighted by Gasteiger charge is -2.27. The van der Waals surface area contributed by atoms with Gasteiger partial charge in [-0.3, -0.25) is 14.4 Å². The first-order valence-corrected chi connectivity index (χ1v) is 11.9. The van der Waals surface area contributed by atoms with E-state index in [1.54, 1.807) is 35.5 Å². The van der Waals surface area contributed by atoms with Crippen LogP contribution in [0.2, 0.25) is 0 Å². The molecule has 2 heterocycles. The van der Waals surface area contributed by atoms with E-state index in [1.165, 1.54) is 0 Å². The number of carbonyl (C=O) groups is 4. The van der Waals surface area contributed by atoms with Gasteiger partial charge in [0.15, 0.2) is 0 Å². The number of amides is 4. The van der Waals surface area contributed by atoms with Gasteiger partial charge in [-0.1, -0.05) is 30.3 Å². The molecular formula is C25H36N4O5. The summed E-state index contributed by atoms with van der Waals surface area (Å²) in [5, 5.41) is 2.49. The first kappa shape index (κ1) is 25.5. The number of likely N-dealkylation sites (tertiary alicyclic amines) is 1. The average molecular weight is 473 g/mol. The van der Waals surface area contributed by atoms with Crippen LogP contribution in [-0.2, 0) is 19.1 Å². The Morgan fingerprint density at radius 2 is 1.71 bits per heavy atom. The molecule has 2 saturated heterocycles. The molecule has 0 radical (unpaired) electrons. The van der Waals surface area contributed by atoms with E-state index in [2.05, 4.69) is 5.32 Å². The molecule has 1 aromatic carbocycles. The summed E-state index contributed by atoms with van der Waals surface area (Å²) in [5.74, 6) is -0.611. The Labute approximate surface area is 201 Å². The molecule has 3 rings (SSSR count). The van der Waals surface area contributed by atoms with E-state index in [0.717, 1.165) is 5.56 Å². The fourth-order valence-electron chi connectivity index (χ4n) is 4.40. The summed E-state index contributed by atoms with van der Waals surface area (Å²) in [5.41, 5.74) is 0.417. The van der Waals surface area contributed by atoms with Gasteiger partial charge in [0.1, 0.15) is 12.1 Å². The van der Waals surface area contributed by atoms with Crippen LogP contribution in [0.25, 0.3) is 0 Å². The Kier molecular flexibility index (Phi) is 8.17. The Morgan fingerprint density at radius 1 is 1.06 bits per heavy atom. The van der Waals surface area contributed by atoms with Gasteiger partial charge in [0, 0.05) is 39.1 Å². The number of nitrogens with one attached hydrogen (secondary N) is 1. The fourth-order valence-corrected chi connectivity index (χ4v) is 4.40. The predicted molar refractivity (Wildman–Crippen MR) is 127 cm³/mol. The SMILES string of the molecule is CC(c1ccccc1)N1CC(C(=O)N2CCCN(C(=O)CNC(=O)OC(C)(C)C)CC2)CC1=O. The zero-order valence-electron chi connectivity index (χ0n) is 20.6. The molecule has 0 aromatic heterocycles. The molecule has 2 aliphatic rings. The third kappa shape index (κ3) is 6.71. The van der Waals surface area contributed by atoms with Crippen LogP contribution >= 0.6 is 0 Å². The molecule has 2 fully saturated rings. The van der Waals surface area contributed by atoms with Crippen LogP contribution in [-0.4, -0.2) is 83.4 Å². The lowest BCUT2D eigenvalue weighted by atomic mass is 10.1. The highest BCUT2D eigenvalue weighted by Gasteiger charge is 2.39. The summed E-state index contributed by atoms with van der Waals surface area (Å²) >= 11 is 0. The van der Waals surface area contributed by atoms with Crippen LogP contribution in [0.3, 0.4) is 0 Å². The van der Waals surface area contributed by atoms with Gasteiger partial charge in [0.05, 0.1) is 12.0 Å². The number of nitrogens with zero attached hydrogens (tertiary/aromatic N) is 3. The average Bonchev–Trinajstić information content (AvgIpc) is 3.01. The molecule has 4 amide bonds. The molecule has 0 spiro atoms. The van der Waals surface area contributed by atoms with Crippen molar-refractivity contribution in [2.24, 2.45) is 5.92 Å². The van der Waals surface area contributed by atoms with Crippen LogP contribution < -0.4 is 5.32 Å². The lowest BCUT2D eigenvalue weighted by Crippen LogP contribution is -2.44. The highest BCUT2D eigenvalue weighted by molar-refractivity contribution is 5.89. The number of hydrogen-bond donors (Lipinski definition) is 1. The molecule has 1 aromatic rings. The largest absolute Gasteiger partial charge is 0.444 e. The van der Waals surface area contributed by atoms with Crippen molar-refractivity contribution in [1.82, 2.24) is 20.0 Å². The van der Waals surface area contributed by atoms with Gasteiger partial charge in [-0.15, -0.1) is 0 Å². The second-order valence-electron chi connectivity index (χ2n) is 9.95. The summed E-state index contributed by atoms with van der Waals surface area (Å²) < 4.78 is 5.16. The maximum atomic E-state index is 13.2. The normalized spacial score (nSPS) is 20.1. The molecule has 186 valence electrons. The Morgan fingerprint density at radius 3 is 2.38 bits per heavy atom. The molecule has 34 heavy (non-hydrogen) atoms. The highest BCUT2D eigenvalue weighted by Crippen LogP contribution is 2.29. The number of rotatable bonds is 5. The molecule has 9 heteroatoms. The first-order chi connectivity index (χ1) is 16.0. The second-order valence-corrected chi connectivity index (χ2v) is 9.95. The first-order valence-electron chi connectivity index (χ1n) is 11.9. The van der Waals surface area contributed by atoms with Gasteiger partial charge < -0.3 is 24.8 Å². The number of carbonyl (C=O) groups excluding carboxylic acids is 4. The van der Waals surface area contributed by atoms with E-state index in [4.69, 9.17) is 4.74 Å². The van der Waals surface area contributed by atoms with Crippen molar-refractivity contribution in [2.75, 3.05) is 39.3 Å². The van der Waals surface area contributed by atoms with Crippen molar-refractivity contribution in [3.63, 3.8) is 0 Å². The van der Waals surface area contributed by atoms with Gasteiger partial charge in [0.25, 0.3) is 0 Å². The summed E-state index contributed by atoms with van der Waals surface area (Å²) in [6.07, 6.45) is 0.233. The van der Waals surface area contributed by atoms with Crippen LogP contribution in [0.5, 0.6) is 0 Å². The Hall–Kier alpha value is -3.10. The Balaban J connectivity index is 1.50. The summed E-state index contributed by atoms with van der Waals surface area (Å²) in [7, 11) is 0. The van der Waals surface area contributed by atoms with Gasteiger partial charge in [-0.05, 0) is 39.7 Å². The molecule has 1 N–H and O–H groups in total. The van der Waals surface area contributed by atoms with Crippen LogP contribution in [0.15, 0.2) is 30.3 Å². The summed E-state index contributed by atoms with van der Waals surface area (Å²) in [6, 6.07) is 9.73. The number of benzene rings is 1. The molecule has 9 nitrogen and oxygen atoms in total. The van der Waals surface area contributed by atoms with E-state index in [9.17, 15) is 19.2 Å². The highest BCUT2D eigenvalue weighted by atomic mass is 16.6. The zero-order chi connectivity index (χ0) is 24.9. The minimum absolute atomic E-state index is 0.00505. The van der Waals surface area contributed by atoms with Crippen molar-refractivity contribution in [2.45, 2.75) is 52.2 Å². The van der Waals surface area contributed by atoms with E-state index < -0.39 is 11.7 Å². The molecular weight excluding hydrogens is 436 g/mol. The standard InChI is InChI=1S/C25H36N4O5/c1-18(19-9-6-5-7-10-19)29-17-20(15-21(29)30)23(32)28-12-8-11-27(13-14-28)22(31)16-26-24(33)34-25(2,3)4/h5-7,9-10,18,20H,8,11-17H2,1-4H3,(H,26,33). The quantitative estimate of drug-likeness (QED) is 0.708. The number of ether oxygens (including phenoxy) is 1. The minimum Gasteiger partial charge on any atom is -0.444 e. The number of alkyl carbamates (subject to hydrolysis) is 1. The van der Waals surface area contributed by atoms with Crippen LogP contribution in [0.4, 0.5) is 4.79 Å². The molecule has 2 aliphatic heterocycles. The van der Waals surface area contributed by atoms with Gasteiger partial charge in [0.2, 0.25) is 17.7 Å². The third-order valence-electron chi connectivity index (χ3n) is 6.20. The van der Waals surface area contributed by atoms with E-state index in [0.29, 0.717) is 39.1 Å². The maximum Gasteiger partial charge on any atom is 0.408 e. The molecule has 0 saturated carbocycles. The van der Waals surface area contributed by atoms with Crippen molar-refractivity contribution >= 4 is 23.8 Å². The predicted octanol–water partition coefficient (Wildman–Crippen LogP) is 2.18.